The molecule has 0 saturated carbocycles. The first kappa shape index (κ1) is 24.7. The van der Waals surface area contributed by atoms with Crippen molar-refractivity contribution in [3.8, 4) is 11.5 Å². The van der Waals surface area contributed by atoms with Gasteiger partial charge in [-0.05, 0) is 58.2 Å². The van der Waals surface area contributed by atoms with Crippen molar-refractivity contribution in [1.82, 2.24) is 5.32 Å². The Balaban J connectivity index is 0.00000392. The largest absolute Gasteiger partial charge is 0.490 e. The molecule has 0 atom stereocenters. The number of benzene rings is 2. The molecular weight excluding hydrogens is 453 g/mol. The Morgan fingerprint density at radius 2 is 1.82 bits per heavy atom. The molecule has 0 heterocycles. The van der Waals surface area contributed by atoms with Gasteiger partial charge in [0.05, 0.1) is 30.9 Å². The van der Waals surface area contributed by atoms with Crippen LogP contribution in [-0.2, 0) is 17.9 Å². The van der Waals surface area contributed by atoms with E-state index in [4.69, 9.17) is 19.3 Å². The number of rotatable bonds is 12. The van der Waals surface area contributed by atoms with Crippen molar-refractivity contribution < 1.29 is 23.7 Å². The van der Waals surface area contributed by atoms with Crippen LogP contribution in [-0.4, -0.2) is 38.1 Å². The Kier molecular flexibility index (Phi) is 12.1. The number of aliphatic hydroxyl groups is 1. The third-order valence-electron chi connectivity index (χ3n) is 3.65. The smallest absolute Gasteiger partial charge is 0.175 e. The highest BCUT2D eigenvalue weighted by Crippen LogP contribution is 2.37. The molecular formula is C20H26BrClFNO4. The maximum atomic E-state index is 13.0. The summed E-state index contributed by atoms with van der Waals surface area (Å²) in [6.45, 7) is 5.01. The molecule has 2 N–H and O–H groups in total. The molecule has 0 radical (unpaired) electrons. The highest BCUT2D eigenvalue weighted by atomic mass is 79.9. The number of ether oxygens (including phenoxy) is 3. The Morgan fingerprint density at radius 1 is 1.07 bits per heavy atom. The fourth-order valence-corrected chi connectivity index (χ4v) is 3.01. The average Bonchev–Trinajstić information content (AvgIpc) is 2.65. The quantitative estimate of drug-likeness (QED) is 0.450. The summed E-state index contributed by atoms with van der Waals surface area (Å²) in [6, 6.07) is 10.1. The van der Waals surface area contributed by atoms with E-state index >= 15 is 0 Å². The van der Waals surface area contributed by atoms with Crippen molar-refractivity contribution in [2.45, 2.75) is 20.1 Å². The molecule has 0 amide bonds. The van der Waals surface area contributed by atoms with Crippen LogP contribution in [0.1, 0.15) is 18.1 Å². The number of aliphatic hydroxyl groups excluding tert-OH is 1. The van der Waals surface area contributed by atoms with Crippen LogP contribution in [0, 0.1) is 5.82 Å². The Morgan fingerprint density at radius 3 is 2.50 bits per heavy atom. The highest BCUT2D eigenvalue weighted by Gasteiger charge is 2.13. The molecule has 5 nitrogen and oxygen atoms in total. The summed E-state index contributed by atoms with van der Waals surface area (Å²) in [5.41, 5.74) is 1.92. The van der Waals surface area contributed by atoms with Crippen molar-refractivity contribution in [2.75, 3.05) is 33.0 Å². The summed E-state index contributed by atoms with van der Waals surface area (Å²) in [6.07, 6.45) is 0. The minimum atomic E-state index is -0.270. The van der Waals surface area contributed by atoms with E-state index in [1.54, 1.807) is 12.1 Å². The lowest BCUT2D eigenvalue weighted by atomic mass is 10.2. The molecule has 156 valence electrons. The first-order valence-electron chi connectivity index (χ1n) is 8.85. The second-order valence-corrected chi connectivity index (χ2v) is 6.62. The van der Waals surface area contributed by atoms with Gasteiger partial charge in [-0.15, -0.1) is 12.4 Å². The van der Waals surface area contributed by atoms with E-state index < -0.39 is 0 Å². The maximum absolute atomic E-state index is 13.0. The van der Waals surface area contributed by atoms with Gasteiger partial charge in [0.15, 0.2) is 11.5 Å². The summed E-state index contributed by atoms with van der Waals surface area (Å²) in [7, 11) is 0. The Hall–Kier alpha value is -1.38. The van der Waals surface area contributed by atoms with Crippen molar-refractivity contribution >= 4 is 28.3 Å². The predicted molar refractivity (Wildman–Crippen MR) is 113 cm³/mol. The van der Waals surface area contributed by atoms with Gasteiger partial charge in [0.1, 0.15) is 12.4 Å². The maximum Gasteiger partial charge on any atom is 0.175 e. The second-order valence-electron chi connectivity index (χ2n) is 5.77. The standard InChI is InChI=1S/C20H25BrFNO4.ClH/c1-2-26-19-12-16(13-23-7-9-25-10-8-24)11-18(21)20(19)27-14-15-3-5-17(22)6-4-15;/h3-6,11-12,23-24H,2,7-10,13-14H2,1H3;1H. The van der Waals surface area contributed by atoms with E-state index in [1.165, 1.54) is 12.1 Å². The molecule has 28 heavy (non-hydrogen) atoms. The van der Waals surface area contributed by atoms with Crippen LogP contribution in [0.2, 0.25) is 0 Å². The van der Waals surface area contributed by atoms with Gasteiger partial charge in [0.25, 0.3) is 0 Å². The zero-order chi connectivity index (χ0) is 19.5. The van der Waals surface area contributed by atoms with Crippen LogP contribution < -0.4 is 14.8 Å². The van der Waals surface area contributed by atoms with Crippen LogP contribution >= 0.6 is 28.3 Å². The third kappa shape index (κ3) is 8.32. The molecule has 0 aliphatic rings. The average molecular weight is 479 g/mol. The zero-order valence-corrected chi connectivity index (χ0v) is 18.2. The van der Waals surface area contributed by atoms with Crippen molar-refractivity contribution in [3.05, 3.63) is 57.8 Å². The second kappa shape index (κ2) is 13.7. The van der Waals surface area contributed by atoms with Gasteiger partial charge in [-0.25, -0.2) is 4.39 Å². The summed E-state index contributed by atoms with van der Waals surface area (Å²) in [5, 5.41) is 12.0. The van der Waals surface area contributed by atoms with Gasteiger partial charge in [0, 0.05) is 13.1 Å². The molecule has 0 unspecified atom stereocenters. The van der Waals surface area contributed by atoms with Crippen LogP contribution in [0.3, 0.4) is 0 Å². The van der Waals surface area contributed by atoms with Crippen LogP contribution in [0.4, 0.5) is 4.39 Å². The first-order valence-corrected chi connectivity index (χ1v) is 9.65. The van der Waals surface area contributed by atoms with Crippen LogP contribution in [0.5, 0.6) is 11.5 Å². The van der Waals surface area contributed by atoms with Crippen molar-refractivity contribution in [1.29, 1.82) is 0 Å². The third-order valence-corrected chi connectivity index (χ3v) is 4.24. The monoisotopic (exact) mass is 477 g/mol. The fraction of sp³-hybridized carbons (Fsp3) is 0.400. The molecule has 8 heteroatoms. The molecule has 0 aliphatic heterocycles. The molecule has 0 fully saturated rings. The minimum absolute atomic E-state index is 0. The fourth-order valence-electron chi connectivity index (χ4n) is 2.41. The summed E-state index contributed by atoms with van der Waals surface area (Å²) in [5.74, 6) is 1.01. The number of halogens is 3. The number of nitrogens with one attached hydrogen (secondary N) is 1. The molecule has 2 aromatic carbocycles. The molecule has 2 aromatic rings. The predicted octanol–water partition coefficient (Wildman–Crippen LogP) is 4.09. The van der Waals surface area contributed by atoms with Gasteiger partial charge in [-0.3, -0.25) is 0 Å². The summed E-state index contributed by atoms with van der Waals surface area (Å²) in [4.78, 5) is 0. The van der Waals surface area contributed by atoms with E-state index in [2.05, 4.69) is 21.2 Å². The van der Waals surface area contributed by atoms with Crippen LogP contribution in [0.15, 0.2) is 40.9 Å². The molecule has 2 rings (SSSR count). The van der Waals surface area contributed by atoms with Gasteiger partial charge in [-0.1, -0.05) is 12.1 Å². The van der Waals surface area contributed by atoms with Gasteiger partial charge in [0.2, 0.25) is 0 Å². The topological polar surface area (TPSA) is 60.0 Å². The van der Waals surface area contributed by atoms with Crippen LogP contribution in [0.25, 0.3) is 0 Å². The van der Waals surface area contributed by atoms with E-state index in [1.807, 2.05) is 19.1 Å². The normalized spacial score (nSPS) is 10.4. The lowest BCUT2D eigenvalue weighted by Gasteiger charge is -2.16. The first-order chi connectivity index (χ1) is 13.1. The Bertz CT molecular complexity index is 703. The highest BCUT2D eigenvalue weighted by molar-refractivity contribution is 9.10. The zero-order valence-electron chi connectivity index (χ0n) is 15.7. The molecule has 0 saturated heterocycles. The summed E-state index contributed by atoms with van der Waals surface area (Å²) >= 11 is 3.55. The van der Waals surface area contributed by atoms with Gasteiger partial charge < -0.3 is 24.6 Å². The minimum Gasteiger partial charge on any atom is -0.490 e. The van der Waals surface area contributed by atoms with Gasteiger partial charge >= 0.3 is 0 Å². The number of hydrogen-bond acceptors (Lipinski definition) is 5. The summed E-state index contributed by atoms with van der Waals surface area (Å²) < 4.78 is 30.7. The molecule has 0 spiro atoms. The lowest BCUT2D eigenvalue weighted by molar-refractivity contribution is 0.0938. The lowest BCUT2D eigenvalue weighted by Crippen LogP contribution is -2.20. The van der Waals surface area contributed by atoms with Crippen molar-refractivity contribution in [2.24, 2.45) is 0 Å². The molecule has 0 aliphatic carbocycles. The van der Waals surface area contributed by atoms with Gasteiger partial charge in [-0.2, -0.15) is 0 Å². The molecule has 0 aromatic heterocycles. The SMILES string of the molecule is CCOc1cc(CNCCOCCO)cc(Br)c1OCc1ccc(F)cc1.Cl. The van der Waals surface area contributed by atoms with Crippen molar-refractivity contribution in [3.63, 3.8) is 0 Å². The van der Waals surface area contributed by atoms with E-state index in [0.717, 1.165) is 15.6 Å². The van der Waals surface area contributed by atoms with E-state index in [9.17, 15) is 4.39 Å². The van der Waals surface area contributed by atoms with E-state index in [-0.39, 0.29) is 24.8 Å². The number of hydrogen-bond donors (Lipinski definition) is 2. The van der Waals surface area contributed by atoms with E-state index in [0.29, 0.717) is 51.0 Å². The molecule has 0 bridgehead atoms. The Labute approximate surface area is 179 Å².